The Balaban J connectivity index is 1.61. The second-order valence-electron chi connectivity index (χ2n) is 7.37. The van der Waals surface area contributed by atoms with Crippen molar-refractivity contribution in [1.82, 2.24) is 15.0 Å². The highest BCUT2D eigenvalue weighted by Crippen LogP contribution is 2.37. The highest BCUT2D eigenvalue weighted by Gasteiger charge is 2.25. The number of rotatable bonds is 4. The lowest BCUT2D eigenvalue weighted by Gasteiger charge is -2.18. The third kappa shape index (κ3) is 2.80. The molecule has 0 saturated heterocycles. The third-order valence-corrected chi connectivity index (χ3v) is 5.44. The number of para-hydroxylation sites is 1. The lowest BCUT2D eigenvalue weighted by molar-refractivity contribution is 0.943. The van der Waals surface area contributed by atoms with E-state index in [9.17, 15) is 0 Å². The number of likely N-dealkylation sites (N-methyl/N-ethyl adjacent to an activating group) is 1. The van der Waals surface area contributed by atoms with Gasteiger partial charge in [-0.2, -0.15) is 0 Å². The fourth-order valence-corrected chi connectivity index (χ4v) is 4.04. The van der Waals surface area contributed by atoms with Gasteiger partial charge in [-0.25, -0.2) is 9.97 Å². The monoisotopic (exact) mass is 369 g/mol. The average Bonchev–Trinajstić information content (AvgIpc) is 3.26. The second kappa shape index (κ2) is 6.68. The molecule has 0 atom stereocenters. The molecule has 2 aromatic heterocycles. The summed E-state index contributed by atoms with van der Waals surface area (Å²) < 4.78 is 0. The van der Waals surface area contributed by atoms with Crippen LogP contribution in [-0.2, 0) is 13.0 Å². The van der Waals surface area contributed by atoms with Crippen LogP contribution in [0.25, 0.3) is 22.3 Å². The summed E-state index contributed by atoms with van der Waals surface area (Å²) >= 11 is 0. The fraction of sp³-hybridized carbons (Fsp3) is 0.217. The number of anilines is 2. The largest absolute Gasteiger partial charge is 0.370 e. The molecule has 4 aromatic rings. The molecule has 0 radical (unpaired) electrons. The topological polar surface area (TPSA) is 56.8 Å². The summed E-state index contributed by atoms with van der Waals surface area (Å²) in [6, 6.07) is 18.8. The van der Waals surface area contributed by atoms with E-state index in [1.165, 1.54) is 10.9 Å². The summed E-state index contributed by atoms with van der Waals surface area (Å²) in [6.07, 6.45) is 0.947. The first-order valence-electron chi connectivity index (χ1n) is 9.68. The Hall–Kier alpha value is -3.34. The summed E-state index contributed by atoms with van der Waals surface area (Å²) in [7, 11) is 2.11. The Labute approximate surface area is 164 Å². The zero-order valence-corrected chi connectivity index (χ0v) is 16.2. The van der Waals surface area contributed by atoms with Gasteiger partial charge in [0.25, 0.3) is 0 Å². The molecule has 0 fully saturated rings. The molecule has 2 N–H and O–H groups in total. The van der Waals surface area contributed by atoms with Gasteiger partial charge >= 0.3 is 0 Å². The lowest BCUT2D eigenvalue weighted by atomic mass is 10.1. The van der Waals surface area contributed by atoms with Gasteiger partial charge < -0.3 is 15.2 Å². The molecular formula is C23H23N5. The van der Waals surface area contributed by atoms with Crippen LogP contribution in [0, 0.1) is 6.92 Å². The number of H-pyrrole nitrogens is 1. The number of nitrogens with zero attached hydrogens (tertiary/aromatic N) is 3. The molecule has 0 amide bonds. The van der Waals surface area contributed by atoms with Crippen molar-refractivity contribution in [2.24, 2.45) is 0 Å². The Morgan fingerprint density at radius 2 is 1.82 bits per heavy atom. The number of hydrogen-bond donors (Lipinski definition) is 2. The highest BCUT2D eigenvalue weighted by atomic mass is 15.2. The van der Waals surface area contributed by atoms with Crippen LogP contribution in [0.1, 0.15) is 17.0 Å². The molecule has 3 heterocycles. The molecule has 5 rings (SSSR count). The van der Waals surface area contributed by atoms with Crippen LogP contribution in [0.4, 0.5) is 11.5 Å². The van der Waals surface area contributed by atoms with Crippen LogP contribution in [0.15, 0.2) is 54.6 Å². The van der Waals surface area contributed by atoms with Crippen molar-refractivity contribution in [3.8, 4) is 11.4 Å². The Kier molecular flexibility index (Phi) is 4.01. The SMILES string of the molecule is Cc1[nH]c2ccccc2c1-c1nc2c(c(NCc3ccccc3)n1)N(C)CC2. The summed E-state index contributed by atoms with van der Waals surface area (Å²) in [5.74, 6) is 1.70. The van der Waals surface area contributed by atoms with Crippen LogP contribution in [0.3, 0.4) is 0 Å². The normalized spacial score (nSPS) is 13.1. The predicted octanol–water partition coefficient (Wildman–Crippen LogP) is 4.54. The minimum Gasteiger partial charge on any atom is -0.370 e. The van der Waals surface area contributed by atoms with Gasteiger partial charge in [-0.3, -0.25) is 0 Å². The van der Waals surface area contributed by atoms with Crippen molar-refractivity contribution >= 4 is 22.4 Å². The summed E-state index contributed by atoms with van der Waals surface area (Å²) in [6.45, 7) is 3.81. The molecule has 5 heteroatoms. The number of nitrogens with one attached hydrogen (secondary N) is 2. The van der Waals surface area contributed by atoms with E-state index >= 15 is 0 Å². The van der Waals surface area contributed by atoms with Crippen LogP contribution in [0.5, 0.6) is 0 Å². The van der Waals surface area contributed by atoms with Crippen LogP contribution < -0.4 is 10.2 Å². The third-order valence-electron chi connectivity index (χ3n) is 5.44. The van der Waals surface area contributed by atoms with E-state index in [1.807, 2.05) is 12.1 Å². The minimum absolute atomic E-state index is 0.741. The van der Waals surface area contributed by atoms with E-state index in [2.05, 4.69) is 71.6 Å². The molecule has 0 bridgehead atoms. The minimum atomic E-state index is 0.741. The van der Waals surface area contributed by atoms with Gasteiger partial charge in [0, 0.05) is 48.7 Å². The van der Waals surface area contributed by atoms with Crippen molar-refractivity contribution in [2.45, 2.75) is 19.9 Å². The zero-order valence-electron chi connectivity index (χ0n) is 16.2. The molecule has 2 aromatic carbocycles. The maximum absolute atomic E-state index is 4.98. The molecule has 5 nitrogen and oxygen atoms in total. The number of fused-ring (bicyclic) bond motifs is 2. The molecule has 28 heavy (non-hydrogen) atoms. The first-order chi connectivity index (χ1) is 13.7. The summed E-state index contributed by atoms with van der Waals surface area (Å²) in [4.78, 5) is 15.7. The van der Waals surface area contributed by atoms with E-state index in [0.717, 1.165) is 59.3 Å². The molecule has 0 aliphatic carbocycles. The molecule has 1 aliphatic rings. The number of aryl methyl sites for hydroxylation is 1. The van der Waals surface area contributed by atoms with E-state index in [0.29, 0.717) is 0 Å². The Morgan fingerprint density at radius 1 is 1.04 bits per heavy atom. The highest BCUT2D eigenvalue weighted by molar-refractivity contribution is 5.96. The van der Waals surface area contributed by atoms with Gasteiger partial charge in [-0.15, -0.1) is 0 Å². The van der Waals surface area contributed by atoms with Gasteiger partial charge in [0.05, 0.1) is 5.69 Å². The predicted molar refractivity (Wildman–Crippen MR) is 115 cm³/mol. The van der Waals surface area contributed by atoms with Crippen molar-refractivity contribution < 1.29 is 0 Å². The number of aromatic amines is 1. The van der Waals surface area contributed by atoms with Gasteiger partial charge in [0.15, 0.2) is 11.6 Å². The first-order valence-corrected chi connectivity index (χ1v) is 9.68. The van der Waals surface area contributed by atoms with Crippen molar-refractivity contribution in [3.05, 3.63) is 71.5 Å². The second-order valence-corrected chi connectivity index (χ2v) is 7.37. The maximum Gasteiger partial charge on any atom is 0.164 e. The van der Waals surface area contributed by atoms with E-state index in [1.54, 1.807) is 0 Å². The first kappa shape index (κ1) is 16.8. The van der Waals surface area contributed by atoms with Gasteiger partial charge in [0.1, 0.15) is 5.69 Å². The van der Waals surface area contributed by atoms with Gasteiger partial charge in [-0.05, 0) is 18.6 Å². The maximum atomic E-state index is 4.98. The average molecular weight is 369 g/mol. The van der Waals surface area contributed by atoms with Gasteiger partial charge in [-0.1, -0.05) is 48.5 Å². The Bertz CT molecular complexity index is 1150. The van der Waals surface area contributed by atoms with Crippen molar-refractivity contribution in [1.29, 1.82) is 0 Å². The lowest BCUT2D eigenvalue weighted by Crippen LogP contribution is -2.15. The van der Waals surface area contributed by atoms with Crippen LogP contribution in [-0.4, -0.2) is 28.5 Å². The van der Waals surface area contributed by atoms with Crippen LogP contribution >= 0.6 is 0 Å². The standard InChI is InChI=1S/C23H23N5/c1-15-20(17-10-6-7-11-18(17)25-15)22-26-19-12-13-28(2)21(19)23(27-22)24-14-16-8-4-3-5-9-16/h3-11,25H,12-14H2,1-2H3,(H,24,26,27). The van der Waals surface area contributed by atoms with Crippen molar-refractivity contribution in [2.75, 3.05) is 23.8 Å². The summed E-state index contributed by atoms with van der Waals surface area (Å²) in [5.41, 5.74) is 6.79. The summed E-state index contributed by atoms with van der Waals surface area (Å²) in [5, 5.41) is 4.73. The number of hydrogen-bond acceptors (Lipinski definition) is 4. The van der Waals surface area contributed by atoms with E-state index < -0.39 is 0 Å². The van der Waals surface area contributed by atoms with Gasteiger partial charge in [0.2, 0.25) is 0 Å². The van der Waals surface area contributed by atoms with E-state index in [4.69, 9.17) is 9.97 Å². The zero-order chi connectivity index (χ0) is 19.1. The molecule has 1 aliphatic heterocycles. The quantitative estimate of drug-likeness (QED) is 0.555. The molecule has 140 valence electrons. The van der Waals surface area contributed by atoms with Crippen LogP contribution in [0.2, 0.25) is 0 Å². The van der Waals surface area contributed by atoms with Crippen molar-refractivity contribution in [3.63, 3.8) is 0 Å². The molecular weight excluding hydrogens is 346 g/mol. The Morgan fingerprint density at radius 3 is 2.68 bits per heavy atom. The molecule has 0 unspecified atom stereocenters. The number of aromatic nitrogens is 3. The fourth-order valence-electron chi connectivity index (χ4n) is 4.04. The smallest absolute Gasteiger partial charge is 0.164 e. The van der Waals surface area contributed by atoms with E-state index in [-0.39, 0.29) is 0 Å². The molecule has 0 spiro atoms. The molecule has 0 saturated carbocycles. The number of benzene rings is 2.